The van der Waals surface area contributed by atoms with Crippen LogP contribution in [0.25, 0.3) is 0 Å². The second-order valence-electron chi connectivity index (χ2n) is 3.49. The van der Waals surface area contributed by atoms with Crippen molar-refractivity contribution in [2.45, 2.75) is 10.1 Å². The Bertz CT molecular complexity index is 621. The molecule has 0 aromatic carbocycles. The first-order chi connectivity index (χ1) is 8.56. The van der Waals surface area contributed by atoms with Crippen molar-refractivity contribution in [1.29, 1.82) is 0 Å². The highest BCUT2D eigenvalue weighted by Gasteiger charge is 2.03. The Kier molecular flexibility index (Phi) is 3.87. The van der Waals surface area contributed by atoms with E-state index in [9.17, 15) is 9.59 Å². The molecule has 2 heterocycles. The summed E-state index contributed by atoms with van der Waals surface area (Å²) in [6.07, 6.45) is 3.30. The summed E-state index contributed by atoms with van der Waals surface area (Å²) in [6.45, 7) is 0. The summed E-state index contributed by atoms with van der Waals surface area (Å²) in [7, 11) is 5.86. The number of aromatic nitrogens is 4. The summed E-state index contributed by atoms with van der Waals surface area (Å²) in [5, 5.41) is 1.18. The van der Waals surface area contributed by atoms with Crippen LogP contribution in [0.5, 0.6) is 0 Å². The summed E-state index contributed by atoms with van der Waals surface area (Å²) >= 11 is 0. The van der Waals surface area contributed by atoms with Gasteiger partial charge in [-0.15, -0.1) is 0 Å². The first-order valence-corrected chi connectivity index (χ1v) is 7.13. The minimum absolute atomic E-state index is 0.308. The second-order valence-corrected chi connectivity index (χ2v) is 5.66. The topological polar surface area (TPSA) is 69.8 Å². The van der Waals surface area contributed by atoms with E-state index in [1.807, 2.05) is 0 Å². The number of hydrogen-bond donors (Lipinski definition) is 0. The number of rotatable bonds is 3. The normalized spacial score (nSPS) is 10.6. The van der Waals surface area contributed by atoms with Gasteiger partial charge in [0, 0.05) is 26.5 Å². The van der Waals surface area contributed by atoms with Gasteiger partial charge in [-0.3, -0.25) is 0 Å². The van der Waals surface area contributed by atoms with Crippen molar-refractivity contribution in [2.24, 2.45) is 14.1 Å². The van der Waals surface area contributed by atoms with Crippen LogP contribution >= 0.6 is 21.6 Å². The van der Waals surface area contributed by atoms with Gasteiger partial charge < -0.3 is 9.13 Å². The lowest BCUT2D eigenvalue weighted by Crippen LogP contribution is -2.19. The molecule has 0 aliphatic heterocycles. The molecule has 0 atom stereocenters. The highest BCUT2D eigenvalue weighted by Crippen LogP contribution is 2.33. The van der Waals surface area contributed by atoms with E-state index in [0.717, 1.165) is 0 Å². The third-order valence-electron chi connectivity index (χ3n) is 2.11. The summed E-state index contributed by atoms with van der Waals surface area (Å²) < 4.78 is 2.79. The van der Waals surface area contributed by atoms with Gasteiger partial charge >= 0.3 is 11.4 Å². The molecule has 2 aromatic heterocycles. The van der Waals surface area contributed by atoms with Crippen LogP contribution in [0.15, 0.2) is 44.2 Å². The van der Waals surface area contributed by atoms with Crippen molar-refractivity contribution in [1.82, 2.24) is 19.1 Å². The van der Waals surface area contributed by atoms with Crippen LogP contribution < -0.4 is 11.4 Å². The van der Waals surface area contributed by atoms with Gasteiger partial charge in [-0.25, -0.2) is 9.59 Å². The summed E-state index contributed by atoms with van der Waals surface area (Å²) in [4.78, 5) is 30.4. The third kappa shape index (κ3) is 3.02. The molecular formula is C10H10N4O2S2. The number of nitrogens with zero attached hydrogens (tertiary/aromatic N) is 4. The fourth-order valence-corrected chi connectivity index (χ4v) is 2.78. The van der Waals surface area contributed by atoms with E-state index in [0.29, 0.717) is 10.1 Å². The van der Waals surface area contributed by atoms with Gasteiger partial charge in [-0.05, 0) is 33.7 Å². The van der Waals surface area contributed by atoms with Crippen molar-refractivity contribution in [2.75, 3.05) is 0 Å². The van der Waals surface area contributed by atoms with E-state index < -0.39 is 0 Å². The van der Waals surface area contributed by atoms with Crippen LogP contribution in [0.3, 0.4) is 0 Å². The Morgan fingerprint density at radius 2 is 1.28 bits per heavy atom. The fourth-order valence-electron chi connectivity index (χ4n) is 1.08. The average molecular weight is 282 g/mol. The first kappa shape index (κ1) is 12.9. The number of hydrogen-bond acceptors (Lipinski definition) is 6. The van der Waals surface area contributed by atoms with Crippen LogP contribution in [0, 0.1) is 0 Å². The highest BCUT2D eigenvalue weighted by molar-refractivity contribution is 8.76. The molecule has 0 saturated carbocycles. The molecule has 0 radical (unpaired) electrons. The summed E-state index contributed by atoms with van der Waals surface area (Å²) in [5.41, 5.74) is -0.616. The van der Waals surface area contributed by atoms with Crippen LogP contribution in [-0.2, 0) is 14.1 Å². The Balaban J connectivity index is 2.11. The minimum Gasteiger partial charge on any atom is -0.302 e. The Morgan fingerprint density at radius 3 is 1.61 bits per heavy atom. The zero-order valence-electron chi connectivity index (χ0n) is 9.73. The lowest BCUT2D eigenvalue weighted by Gasteiger charge is -2.01. The number of aryl methyl sites for hydroxylation is 2. The Hall–Kier alpha value is -1.54. The van der Waals surface area contributed by atoms with Crippen LogP contribution in [0.1, 0.15) is 0 Å². The smallest absolute Gasteiger partial charge is 0.302 e. The van der Waals surface area contributed by atoms with Crippen LogP contribution in [0.4, 0.5) is 0 Å². The molecule has 94 valence electrons. The standard InChI is InChI=1S/C10H10N4O2S2/c1-13-5-3-7(11-9(13)15)17-18-8-4-6-14(2)10(16)12-8/h3-6H,1-2H3. The molecule has 8 heteroatoms. The summed E-state index contributed by atoms with van der Waals surface area (Å²) in [6, 6.07) is 3.47. The molecule has 0 unspecified atom stereocenters. The molecular weight excluding hydrogens is 272 g/mol. The maximum Gasteiger partial charge on any atom is 0.348 e. The van der Waals surface area contributed by atoms with Gasteiger partial charge in [-0.2, -0.15) is 9.97 Å². The van der Waals surface area contributed by atoms with Crippen molar-refractivity contribution >= 4 is 21.6 Å². The van der Waals surface area contributed by atoms with E-state index >= 15 is 0 Å². The van der Waals surface area contributed by atoms with Gasteiger partial charge in [0.1, 0.15) is 10.1 Å². The molecule has 0 aliphatic carbocycles. The van der Waals surface area contributed by atoms with Crippen molar-refractivity contribution in [3.05, 3.63) is 45.5 Å². The van der Waals surface area contributed by atoms with Crippen molar-refractivity contribution in [3.63, 3.8) is 0 Å². The van der Waals surface area contributed by atoms with Gasteiger partial charge in [0.15, 0.2) is 0 Å². The Labute approximate surface area is 110 Å². The molecule has 18 heavy (non-hydrogen) atoms. The molecule has 0 aliphatic rings. The lowest BCUT2D eigenvalue weighted by atomic mass is 10.7. The third-order valence-corrected chi connectivity index (χ3v) is 4.26. The quantitative estimate of drug-likeness (QED) is 0.609. The zero-order valence-corrected chi connectivity index (χ0v) is 11.4. The van der Waals surface area contributed by atoms with Crippen molar-refractivity contribution in [3.8, 4) is 0 Å². The molecule has 0 spiro atoms. The summed E-state index contributed by atoms with van der Waals surface area (Å²) in [5.74, 6) is 0. The molecule has 0 N–H and O–H groups in total. The van der Waals surface area contributed by atoms with E-state index in [1.54, 1.807) is 38.6 Å². The fraction of sp³-hybridized carbons (Fsp3) is 0.200. The van der Waals surface area contributed by atoms with Gasteiger partial charge in [0.25, 0.3) is 0 Å². The molecule has 0 saturated heterocycles. The predicted octanol–water partition coefficient (Wildman–Crippen LogP) is 0.673. The van der Waals surface area contributed by atoms with E-state index in [1.165, 1.54) is 30.7 Å². The largest absolute Gasteiger partial charge is 0.348 e. The Morgan fingerprint density at radius 1 is 0.889 bits per heavy atom. The van der Waals surface area contributed by atoms with Gasteiger partial charge in [-0.1, -0.05) is 0 Å². The highest BCUT2D eigenvalue weighted by atomic mass is 33.1. The SMILES string of the molecule is Cn1ccc(SSc2ccn(C)c(=O)n2)nc1=O. The molecule has 2 aromatic rings. The lowest BCUT2D eigenvalue weighted by molar-refractivity contribution is 0.781. The predicted molar refractivity (Wildman–Crippen MR) is 70.7 cm³/mol. The van der Waals surface area contributed by atoms with Crippen LogP contribution in [0.2, 0.25) is 0 Å². The maximum absolute atomic E-state index is 11.3. The molecule has 0 amide bonds. The molecule has 2 rings (SSSR count). The minimum atomic E-state index is -0.308. The van der Waals surface area contributed by atoms with E-state index in [4.69, 9.17) is 0 Å². The average Bonchev–Trinajstić information content (AvgIpc) is 2.35. The molecule has 0 bridgehead atoms. The van der Waals surface area contributed by atoms with Gasteiger partial charge in [0.2, 0.25) is 0 Å². The first-order valence-electron chi connectivity index (χ1n) is 4.98. The maximum atomic E-state index is 11.3. The molecule has 6 nitrogen and oxygen atoms in total. The van der Waals surface area contributed by atoms with Crippen LogP contribution in [-0.4, -0.2) is 19.1 Å². The molecule has 0 fully saturated rings. The second kappa shape index (κ2) is 5.40. The van der Waals surface area contributed by atoms with Crippen molar-refractivity contribution < 1.29 is 0 Å². The van der Waals surface area contributed by atoms with E-state index in [-0.39, 0.29) is 11.4 Å². The van der Waals surface area contributed by atoms with E-state index in [2.05, 4.69) is 9.97 Å². The zero-order chi connectivity index (χ0) is 13.1. The van der Waals surface area contributed by atoms with Gasteiger partial charge in [0.05, 0.1) is 0 Å². The monoisotopic (exact) mass is 282 g/mol.